The average molecular weight is 571 g/mol. The molecule has 1 amide bonds. The predicted molar refractivity (Wildman–Crippen MR) is 163 cm³/mol. The molecule has 212 valence electrons. The maximum atomic E-state index is 13.9. The van der Waals surface area contributed by atoms with Gasteiger partial charge in [0.25, 0.3) is 5.56 Å². The Bertz CT molecular complexity index is 1560. The van der Waals surface area contributed by atoms with Crippen LogP contribution in [0.4, 0.5) is 0 Å². The molecule has 7 heteroatoms. The van der Waals surface area contributed by atoms with Crippen LogP contribution in [0.25, 0.3) is 11.1 Å². The summed E-state index contributed by atoms with van der Waals surface area (Å²) in [5.41, 5.74) is 4.57. The van der Waals surface area contributed by atoms with Crippen molar-refractivity contribution in [2.75, 3.05) is 0 Å². The Kier molecular flexibility index (Phi) is 10.1. The zero-order valence-corrected chi connectivity index (χ0v) is 24.1. The highest BCUT2D eigenvalue weighted by Gasteiger charge is 2.27. The highest BCUT2D eigenvalue weighted by atomic mass is 35.5. The molecular weight excluding hydrogens is 536 g/mol. The van der Waals surface area contributed by atoms with Crippen molar-refractivity contribution in [2.45, 2.75) is 58.0 Å². The van der Waals surface area contributed by atoms with Crippen LogP contribution in [0, 0.1) is 6.92 Å². The zero-order valence-electron chi connectivity index (χ0n) is 23.3. The third-order valence-corrected chi connectivity index (χ3v) is 7.52. The fourth-order valence-corrected chi connectivity index (χ4v) is 5.28. The number of benzene rings is 3. The number of hydrogen-bond acceptors (Lipinski definition) is 3. The van der Waals surface area contributed by atoms with Gasteiger partial charge in [-0.05, 0) is 59.4 Å². The average Bonchev–Trinajstić information content (AvgIpc) is 2.96. The minimum absolute atomic E-state index is 0.257. The van der Waals surface area contributed by atoms with Crippen LogP contribution in [0.15, 0.2) is 95.9 Å². The van der Waals surface area contributed by atoms with Gasteiger partial charge in [-0.1, -0.05) is 98.1 Å². The number of aromatic nitrogens is 1. The van der Waals surface area contributed by atoms with Gasteiger partial charge in [0.1, 0.15) is 6.04 Å². The minimum atomic E-state index is -1.03. The lowest BCUT2D eigenvalue weighted by molar-refractivity contribution is -0.137. The summed E-state index contributed by atoms with van der Waals surface area (Å²) in [5.74, 6) is -1.41. The van der Waals surface area contributed by atoms with Gasteiger partial charge in [-0.2, -0.15) is 0 Å². The van der Waals surface area contributed by atoms with E-state index in [0.717, 1.165) is 35.1 Å². The number of carboxylic acids is 1. The lowest BCUT2D eigenvalue weighted by atomic mass is 9.97. The van der Waals surface area contributed by atoms with Crippen molar-refractivity contribution >= 4 is 23.5 Å². The molecule has 4 aromatic rings. The Morgan fingerprint density at radius 3 is 2.34 bits per heavy atom. The lowest BCUT2D eigenvalue weighted by Crippen LogP contribution is -2.40. The number of pyridine rings is 1. The summed E-state index contributed by atoms with van der Waals surface area (Å²) in [7, 11) is 0. The van der Waals surface area contributed by atoms with Crippen LogP contribution in [-0.4, -0.2) is 21.6 Å². The number of nitrogens with one attached hydrogen (secondary N) is 1. The standard InChI is InChI=1S/C34H35ClN2O4/c1-3-4-17-31(37-22-23(2)18-28(34(37)41)20-26-13-8-9-16-29(26)35)33(40)36-30(21-32(38)39)27-15-10-14-25(19-27)24-11-6-5-7-12-24/h5-16,18-19,22,30-31H,3-4,17,20-21H2,1-2H3,(H,36,40)(H,38,39)/t30-,31+/m0/s1. The Labute approximate surface area is 245 Å². The lowest BCUT2D eigenvalue weighted by Gasteiger charge is -2.25. The molecule has 0 aliphatic rings. The van der Waals surface area contributed by atoms with Gasteiger partial charge in [-0.3, -0.25) is 14.4 Å². The van der Waals surface area contributed by atoms with Crippen molar-refractivity contribution in [3.63, 3.8) is 0 Å². The number of carbonyl (C=O) groups is 2. The molecule has 0 aliphatic heterocycles. The third kappa shape index (κ3) is 7.74. The number of unbranched alkanes of at least 4 members (excludes halogenated alkanes) is 1. The quantitative estimate of drug-likeness (QED) is 0.190. The third-order valence-electron chi connectivity index (χ3n) is 7.15. The second-order valence-electron chi connectivity index (χ2n) is 10.3. The molecule has 0 saturated carbocycles. The van der Waals surface area contributed by atoms with Crippen molar-refractivity contribution in [1.29, 1.82) is 0 Å². The van der Waals surface area contributed by atoms with Crippen LogP contribution in [0.5, 0.6) is 0 Å². The van der Waals surface area contributed by atoms with E-state index in [9.17, 15) is 19.5 Å². The van der Waals surface area contributed by atoms with Crippen molar-refractivity contribution in [3.05, 3.63) is 129 Å². The van der Waals surface area contributed by atoms with E-state index in [1.807, 2.05) is 92.7 Å². The summed E-state index contributed by atoms with van der Waals surface area (Å²) >= 11 is 6.37. The Hall–Kier alpha value is -4.16. The van der Waals surface area contributed by atoms with E-state index in [1.54, 1.807) is 12.3 Å². The fourth-order valence-electron chi connectivity index (χ4n) is 5.08. The Morgan fingerprint density at radius 1 is 0.927 bits per heavy atom. The Balaban J connectivity index is 1.68. The monoisotopic (exact) mass is 570 g/mol. The van der Waals surface area contributed by atoms with Gasteiger partial charge in [0, 0.05) is 23.2 Å². The molecule has 1 heterocycles. The first-order valence-corrected chi connectivity index (χ1v) is 14.3. The highest BCUT2D eigenvalue weighted by Crippen LogP contribution is 2.26. The van der Waals surface area contributed by atoms with E-state index in [0.29, 0.717) is 29.0 Å². The summed E-state index contributed by atoms with van der Waals surface area (Å²) in [6.07, 6.45) is 3.78. The van der Waals surface area contributed by atoms with Crippen LogP contribution in [0.1, 0.15) is 66.9 Å². The van der Waals surface area contributed by atoms with E-state index in [1.165, 1.54) is 4.57 Å². The van der Waals surface area contributed by atoms with Gasteiger partial charge in [-0.15, -0.1) is 0 Å². The molecule has 4 rings (SSSR count). The fraction of sp³-hybridized carbons (Fsp3) is 0.265. The van der Waals surface area contributed by atoms with Crippen molar-refractivity contribution < 1.29 is 14.7 Å². The number of halogens is 1. The first kappa shape index (κ1) is 29.8. The van der Waals surface area contributed by atoms with Gasteiger partial charge < -0.3 is 15.0 Å². The van der Waals surface area contributed by atoms with Crippen LogP contribution in [0.3, 0.4) is 0 Å². The summed E-state index contributed by atoms with van der Waals surface area (Å²) in [6, 6.07) is 25.0. The molecule has 0 fully saturated rings. The number of carboxylic acid groups (broad SMARTS) is 1. The normalized spacial score (nSPS) is 12.5. The second-order valence-corrected chi connectivity index (χ2v) is 10.7. The molecule has 0 spiro atoms. The molecule has 3 aromatic carbocycles. The number of aliphatic carboxylic acids is 1. The van der Waals surface area contributed by atoms with Crippen LogP contribution < -0.4 is 10.9 Å². The second kappa shape index (κ2) is 14.0. The van der Waals surface area contributed by atoms with Crippen LogP contribution in [-0.2, 0) is 16.0 Å². The Morgan fingerprint density at radius 2 is 1.63 bits per heavy atom. The van der Waals surface area contributed by atoms with E-state index >= 15 is 0 Å². The summed E-state index contributed by atoms with van der Waals surface area (Å²) in [5, 5.41) is 13.3. The van der Waals surface area contributed by atoms with E-state index < -0.39 is 18.1 Å². The molecule has 0 aliphatic carbocycles. The number of aryl methyl sites for hydroxylation is 1. The smallest absolute Gasteiger partial charge is 0.305 e. The first-order chi connectivity index (χ1) is 19.8. The largest absolute Gasteiger partial charge is 0.481 e. The SMILES string of the molecule is CCCC[C@H](C(=O)N[C@@H](CC(=O)O)c1cccc(-c2ccccc2)c1)n1cc(C)cc(Cc2ccccc2Cl)c1=O. The maximum absolute atomic E-state index is 13.9. The molecule has 0 saturated heterocycles. The topological polar surface area (TPSA) is 88.4 Å². The van der Waals surface area contributed by atoms with Gasteiger partial charge in [-0.25, -0.2) is 0 Å². The molecule has 41 heavy (non-hydrogen) atoms. The van der Waals surface area contributed by atoms with E-state index in [-0.39, 0.29) is 17.9 Å². The number of carbonyl (C=O) groups excluding carboxylic acids is 1. The first-order valence-electron chi connectivity index (χ1n) is 13.9. The molecule has 6 nitrogen and oxygen atoms in total. The number of hydrogen-bond donors (Lipinski definition) is 2. The summed E-state index contributed by atoms with van der Waals surface area (Å²) in [4.78, 5) is 39.5. The predicted octanol–water partition coefficient (Wildman–Crippen LogP) is 7.13. The molecule has 1 aromatic heterocycles. The van der Waals surface area contributed by atoms with E-state index in [2.05, 4.69) is 5.32 Å². The van der Waals surface area contributed by atoms with Crippen molar-refractivity contribution in [1.82, 2.24) is 9.88 Å². The van der Waals surface area contributed by atoms with Gasteiger partial charge in [0.2, 0.25) is 5.91 Å². The van der Waals surface area contributed by atoms with Crippen LogP contribution in [0.2, 0.25) is 5.02 Å². The van der Waals surface area contributed by atoms with Gasteiger partial charge >= 0.3 is 5.97 Å². The zero-order chi connectivity index (χ0) is 29.4. The molecule has 2 atom stereocenters. The van der Waals surface area contributed by atoms with Crippen LogP contribution >= 0.6 is 11.6 Å². The molecule has 0 bridgehead atoms. The number of nitrogens with zero attached hydrogens (tertiary/aromatic N) is 1. The molecule has 0 unspecified atom stereocenters. The maximum Gasteiger partial charge on any atom is 0.305 e. The van der Waals surface area contributed by atoms with Crippen molar-refractivity contribution in [2.24, 2.45) is 0 Å². The minimum Gasteiger partial charge on any atom is -0.481 e. The number of rotatable bonds is 12. The highest BCUT2D eigenvalue weighted by molar-refractivity contribution is 6.31. The molecule has 0 radical (unpaired) electrons. The summed E-state index contributed by atoms with van der Waals surface area (Å²) < 4.78 is 1.50. The van der Waals surface area contributed by atoms with Gasteiger partial charge in [0.15, 0.2) is 0 Å². The molecule has 2 N–H and O–H groups in total. The van der Waals surface area contributed by atoms with Crippen molar-refractivity contribution in [3.8, 4) is 11.1 Å². The van der Waals surface area contributed by atoms with Gasteiger partial charge in [0.05, 0.1) is 12.5 Å². The molecular formula is C34H35ClN2O4. The van der Waals surface area contributed by atoms with E-state index in [4.69, 9.17) is 11.6 Å². The summed E-state index contributed by atoms with van der Waals surface area (Å²) in [6.45, 7) is 3.92. The number of amides is 1.